The second-order valence-corrected chi connectivity index (χ2v) is 11.0. The Bertz CT molecular complexity index is 1920. The molecule has 0 saturated heterocycles. The lowest BCUT2D eigenvalue weighted by molar-refractivity contribution is -0.384. The van der Waals surface area contributed by atoms with Gasteiger partial charge in [-0.1, -0.05) is 23.5 Å². The molecule has 0 fully saturated rings. The van der Waals surface area contributed by atoms with E-state index in [1.165, 1.54) is 28.0 Å². The minimum absolute atomic E-state index is 0.0465. The van der Waals surface area contributed by atoms with Crippen molar-refractivity contribution in [2.24, 2.45) is 4.99 Å². The number of nitrogens with zero attached hydrogens (tertiary/aromatic N) is 3. The summed E-state index contributed by atoms with van der Waals surface area (Å²) in [7, 11) is 1.55. The molecule has 2 aromatic heterocycles. The highest BCUT2D eigenvalue weighted by Gasteiger charge is 2.33. The molecule has 0 unspecified atom stereocenters. The molecule has 210 valence electrons. The van der Waals surface area contributed by atoms with Crippen molar-refractivity contribution in [1.29, 1.82) is 0 Å². The van der Waals surface area contributed by atoms with Crippen LogP contribution in [0, 0.1) is 17.0 Å². The molecule has 0 radical (unpaired) electrons. The Balaban J connectivity index is 1.64. The number of hydrogen-bond donors (Lipinski definition) is 0. The van der Waals surface area contributed by atoms with Crippen molar-refractivity contribution in [3.8, 4) is 17.1 Å². The third kappa shape index (κ3) is 5.27. The molecule has 0 amide bonds. The van der Waals surface area contributed by atoms with Crippen molar-refractivity contribution >= 4 is 45.0 Å². The topological polar surface area (TPSA) is 126 Å². The van der Waals surface area contributed by atoms with Crippen LogP contribution in [0.5, 0.6) is 5.75 Å². The van der Waals surface area contributed by atoms with Gasteiger partial charge in [0.2, 0.25) is 0 Å². The summed E-state index contributed by atoms with van der Waals surface area (Å²) in [5, 5.41) is 11.3. The predicted octanol–water partition coefficient (Wildman–Crippen LogP) is 5.05. The molecule has 0 spiro atoms. The molecule has 0 bridgehead atoms. The zero-order valence-electron chi connectivity index (χ0n) is 22.5. The van der Waals surface area contributed by atoms with E-state index in [2.05, 4.69) is 20.9 Å². The SMILES string of the molecule is CCOC(=O)C1=C(C)N=c2s/c(=C/c3ccc(-c4cc([N+](=O)[O-])ccc4C)o3)c(=O)n2[C@H]1c1ccc(OC)c(Br)c1. The summed E-state index contributed by atoms with van der Waals surface area (Å²) in [6.07, 6.45) is 1.60. The molecule has 12 heteroatoms. The number of aromatic nitrogens is 1. The van der Waals surface area contributed by atoms with Gasteiger partial charge >= 0.3 is 5.97 Å². The number of hydrogen-bond acceptors (Lipinski definition) is 9. The normalized spacial score (nSPS) is 15.0. The first kappa shape index (κ1) is 28.2. The fourth-order valence-corrected chi connectivity index (χ4v) is 6.24. The first-order chi connectivity index (χ1) is 19.6. The first-order valence-electron chi connectivity index (χ1n) is 12.5. The summed E-state index contributed by atoms with van der Waals surface area (Å²) in [4.78, 5) is 42.8. The summed E-state index contributed by atoms with van der Waals surface area (Å²) >= 11 is 4.67. The van der Waals surface area contributed by atoms with Gasteiger partial charge in [0, 0.05) is 23.8 Å². The van der Waals surface area contributed by atoms with Crippen molar-refractivity contribution in [3.63, 3.8) is 0 Å². The molecular weight excluding hydrogens is 614 g/mol. The van der Waals surface area contributed by atoms with Crippen LogP contribution in [0.2, 0.25) is 0 Å². The number of furan rings is 1. The van der Waals surface area contributed by atoms with Crippen LogP contribution in [-0.2, 0) is 9.53 Å². The van der Waals surface area contributed by atoms with Gasteiger partial charge in [-0.15, -0.1) is 0 Å². The average Bonchev–Trinajstić information content (AvgIpc) is 3.52. The van der Waals surface area contributed by atoms with Crippen molar-refractivity contribution in [2.75, 3.05) is 13.7 Å². The van der Waals surface area contributed by atoms with Gasteiger partial charge in [0.25, 0.3) is 11.2 Å². The fraction of sp³-hybridized carbons (Fsp3) is 0.207. The van der Waals surface area contributed by atoms with Crippen LogP contribution in [0.1, 0.15) is 36.8 Å². The van der Waals surface area contributed by atoms with E-state index in [0.717, 1.165) is 5.56 Å². The zero-order valence-corrected chi connectivity index (χ0v) is 24.9. The number of ether oxygens (including phenoxy) is 2. The molecule has 0 aliphatic carbocycles. The van der Waals surface area contributed by atoms with E-state index < -0.39 is 16.9 Å². The zero-order chi connectivity index (χ0) is 29.4. The van der Waals surface area contributed by atoms with E-state index in [-0.39, 0.29) is 23.4 Å². The number of carbonyl (C=O) groups excluding carboxylic acids is 1. The smallest absolute Gasteiger partial charge is 0.338 e. The Labute approximate surface area is 246 Å². The molecule has 2 aromatic carbocycles. The Hall–Kier alpha value is -4.29. The lowest BCUT2D eigenvalue weighted by Crippen LogP contribution is -2.39. The van der Waals surface area contributed by atoms with Crippen LogP contribution in [0.3, 0.4) is 0 Å². The van der Waals surface area contributed by atoms with Gasteiger partial charge in [0.1, 0.15) is 17.3 Å². The molecule has 0 N–H and O–H groups in total. The standard InChI is InChI=1S/C29H24BrN3O7S/c1-5-39-28(35)25-16(3)31-29-32(26(25)17-7-10-23(38-4)21(30)12-17)27(34)24(41-29)14-19-9-11-22(40-19)20-13-18(33(36)37)8-6-15(20)2/h6-14,26H,5H2,1-4H3/b24-14+/t26-/m0/s1. The van der Waals surface area contributed by atoms with Crippen LogP contribution in [0.25, 0.3) is 17.4 Å². The number of thiazole rings is 1. The maximum atomic E-state index is 13.8. The number of nitro benzene ring substituents is 1. The monoisotopic (exact) mass is 637 g/mol. The first-order valence-corrected chi connectivity index (χ1v) is 14.1. The molecule has 0 saturated carbocycles. The fourth-order valence-electron chi connectivity index (χ4n) is 4.65. The van der Waals surface area contributed by atoms with Gasteiger partial charge in [0.15, 0.2) is 4.80 Å². The van der Waals surface area contributed by atoms with Crippen LogP contribution < -0.4 is 19.6 Å². The Morgan fingerprint density at radius 1 is 1.22 bits per heavy atom. The predicted molar refractivity (Wildman–Crippen MR) is 157 cm³/mol. The van der Waals surface area contributed by atoms with Gasteiger partial charge in [-0.2, -0.15) is 0 Å². The number of halogens is 1. The molecule has 5 rings (SSSR count). The number of aryl methyl sites for hydroxylation is 1. The minimum Gasteiger partial charge on any atom is -0.496 e. The van der Waals surface area contributed by atoms with E-state index in [1.807, 2.05) is 6.92 Å². The third-order valence-electron chi connectivity index (χ3n) is 6.61. The summed E-state index contributed by atoms with van der Waals surface area (Å²) in [6, 6.07) is 12.5. The summed E-state index contributed by atoms with van der Waals surface area (Å²) in [5.74, 6) is 0.878. The number of carbonyl (C=O) groups is 1. The largest absolute Gasteiger partial charge is 0.496 e. The maximum absolute atomic E-state index is 13.8. The molecular formula is C29H24BrN3O7S. The summed E-state index contributed by atoms with van der Waals surface area (Å²) in [5.41, 5.74) is 2.38. The molecule has 41 heavy (non-hydrogen) atoms. The van der Waals surface area contributed by atoms with Crippen molar-refractivity contribution in [2.45, 2.75) is 26.8 Å². The quantitative estimate of drug-likeness (QED) is 0.158. The second-order valence-electron chi connectivity index (χ2n) is 9.15. The van der Waals surface area contributed by atoms with Gasteiger partial charge in [-0.3, -0.25) is 19.5 Å². The highest BCUT2D eigenvalue weighted by molar-refractivity contribution is 9.10. The van der Waals surface area contributed by atoms with Crippen molar-refractivity contribution in [3.05, 3.63) is 111 Å². The maximum Gasteiger partial charge on any atom is 0.338 e. The van der Waals surface area contributed by atoms with Crippen LogP contribution in [-0.4, -0.2) is 29.2 Å². The highest BCUT2D eigenvalue weighted by atomic mass is 79.9. The average molecular weight is 638 g/mol. The van der Waals surface area contributed by atoms with E-state index in [1.54, 1.807) is 63.4 Å². The number of non-ortho nitro benzene ring substituents is 1. The summed E-state index contributed by atoms with van der Waals surface area (Å²) in [6.45, 7) is 5.44. The summed E-state index contributed by atoms with van der Waals surface area (Å²) < 4.78 is 19.2. The minimum atomic E-state index is -0.783. The molecule has 1 aliphatic heterocycles. The van der Waals surface area contributed by atoms with Crippen LogP contribution in [0.15, 0.2) is 78.5 Å². The van der Waals surface area contributed by atoms with Crippen LogP contribution >= 0.6 is 27.3 Å². The lowest BCUT2D eigenvalue weighted by atomic mass is 9.96. The van der Waals surface area contributed by atoms with Gasteiger partial charge < -0.3 is 13.9 Å². The molecule has 3 heterocycles. The van der Waals surface area contributed by atoms with Gasteiger partial charge in [0.05, 0.1) is 45.0 Å². The number of methoxy groups -OCH3 is 1. The highest BCUT2D eigenvalue weighted by Crippen LogP contribution is 2.35. The second kappa shape index (κ2) is 11.3. The van der Waals surface area contributed by atoms with Crippen molar-refractivity contribution < 1.29 is 23.6 Å². The number of nitro groups is 1. The number of allylic oxidation sites excluding steroid dienone is 1. The van der Waals surface area contributed by atoms with Gasteiger partial charge in [-0.25, -0.2) is 9.79 Å². The number of benzene rings is 2. The van der Waals surface area contributed by atoms with Gasteiger partial charge in [-0.05, 0) is 72.1 Å². The Kier molecular flexibility index (Phi) is 7.78. The van der Waals surface area contributed by atoms with E-state index in [4.69, 9.17) is 13.9 Å². The molecule has 1 atom stereocenters. The number of fused-ring (bicyclic) bond motifs is 1. The van der Waals surface area contributed by atoms with E-state index in [9.17, 15) is 19.7 Å². The Morgan fingerprint density at radius 2 is 2.00 bits per heavy atom. The van der Waals surface area contributed by atoms with E-state index in [0.29, 0.717) is 47.9 Å². The van der Waals surface area contributed by atoms with Crippen LogP contribution in [0.4, 0.5) is 5.69 Å². The molecule has 1 aliphatic rings. The lowest BCUT2D eigenvalue weighted by Gasteiger charge is -2.25. The molecule has 4 aromatic rings. The van der Waals surface area contributed by atoms with E-state index >= 15 is 0 Å². The third-order valence-corrected chi connectivity index (χ3v) is 8.21. The Morgan fingerprint density at radius 3 is 2.68 bits per heavy atom. The number of esters is 1. The van der Waals surface area contributed by atoms with Crippen molar-refractivity contribution in [1.82, 2.24) is 4.57 Å². The number of rotatable bonds is 7. The molecule has 10 nitrogen and oxygen atoms in total.